The molecule has 6 nitrogen and oxygen atoms in total. The van der Waals surface area contributed by atoms with E-state index in [4.69, 9.17) is 0 Å². The number of thioether (sulfide) groups is 1. The van der Waals surface area contributed by atoms with Crippen molar-refractivity contribution in [3.63, 3.8) is 0 Å². The molecule has 0 aromatic heterocycles. The molecule has 1 aromatic rings. The van der Waals surface area contributed by atoms with Gasteiger partial charge in [0.1, 0.15) is 5.69 Å². The quantitative estimate of drug-likeness (QED) is 0.597. The van der Waals surface area contributed by atoms with Crippen LogP contribution < -0.4 is 10.6 Å². The van der Waals surface area contributed by atoms with Crippen molar-refractivity contribution in [1.29, 1.82) is 0 Å². The Balaban J connectivity index is 2.20. The van der Waals surface area contributed by atoms with E-state index in [0.29, 0.717) is 24.3 Å². The predicted molar refractivity (Wildman–Crippen MR) is 85.1 cm³/mol. The summed E-state index contributed by atoms with van der Waals surface area (Å²) in [6.45, 7) is 3.03. The molecule has 1 amide bonds. The van der Waals surface area contributed by atoms with Gasteiger partial charge in [0.05, 0.1) is 4.92 Å². The summed E-state index contributed by atoms with van der Waals surface area (Å²) in [5.74, 6) is -0.221. The fourth-order valence-electron chi connectivity index (χ4n) is 2.09. The number of nitro groups is 1. The van der Waals surface area contributed by atoms with Crippen LogP contribution in [0, 0.1) is 10.1 Å². The van der Waals surface area contributed by atoms with Crippen LogP contribution in [-0.2, 0) is 0 Å². The molecule has 1 aromatic carbocycles. The molecule has 0 bridgehead atoms. The second kappa shape index (κ2) is 6.34. The molecule has 0 aliphatic heterocycles. The van der Waals surface area contributed by atoms with Crippen LogP contribution in [-0.4, -0.2) is 34.9 Å². The van der Waals surface area contributed by atoms with Crippen LogP contribution in [0.1, 0.15) is 30.1 Å². The minimum absolute atomic E-state index is 0.0000449. The van der Waals surface area contributed by atoms with Crippen LogP contribution in [0.4, 0.5) is 11.4 Å². The number of amides is 1. The number of carbonyl (C=O) groups excluding carboxylic acids is 1. The van der Waals surface area contributed by atoms with Crippen molar-refractivity contribution in [2.45, 2.75) is 24.5 Å². The second-order valence-corrected chi connectivity index (χ2v) is 6.36. The predicted octanol–water partition coefficient (Wildman–Crippen LogP) is 2.65. The molecule has 2 N–H and O–H groups in total. The average Bonchev–Trinajstić information content (AvgIpc) is 3.25. The minimum Gasteiger partial charge on any atom is -0.378 e. The molecule has 0 spiro atoms. The van der Waals surface area contributed by atoms with Gasteiger partial charge >= 0.3 is 0 Å². The number of hydrogen-bond donors (Lipinski definition) is 2. The molecule has 0 radical (unpaired) electrons. The standard InChI is InChI=1S/C14H19N3O3S/c1-3-15-13(18)10-4-5-12(17(19)20)11(8-10)16-9-14(21-2)6-7-14/h4-5,8,16H,3,6-7,9H2,1-2H3,(H,15,18). The summed E-state index contributed by atoms with van der Waals surface area (Å²) < 4.78 is 0.190. The summed E-state index contributed by atoms with van der Waals surface area (Å²) in [7, 11) is 0. The maximum Gasteiger partial charge on any atom is 0.292 e. The second-order valence-electron chi connectivity index (χ2n) is 5.09. The minimum atomic E-state index is -0.428. The van der Waals surface area contributed by atoms with Gasteiger partial charge in [0.15, 0.2) is 0 Å². The monoisotopic (exact) mass is 309 g/mol. The van der Waals surface area contributed by atoms with Crippen molar-refractivity contribution in [3.05, 3.63) is 33.9 Å². The van der Waals surface area contributed by atoms with Gasteiger partial charge < -0.3 is 10.6 Å². The smallest absolute Gasteiger partial charge is 0.292 e. The van der Waals surface area contributed by atoms with Gasteiger partial charge in [0.25, 0.3) is 11.6 Å². The van der Waals surface area contributed by atoms with E-state index in [-0.39, 0.29) is 16.3 Å². The largest absolute Gasteiger partial charge is 0.378 e. The molecule has 1 aliphatic carbocycles. The molecule has 1 saturated carbocycles. The Bertz CT molecular complexity index is 558. The van der Waals surface area contributed by atoms with Gasteiger partial charge in [0.2, 0.25) is 0 Å². The summed E-state index contributed by atoms with van der Waals surface area (Å²) >= 11 is 1.78. The number of nitro benzene ring substituents is 1. The number of hydrogen-bond acceptors (Lipinski definition) is 5. The summed E-state index contributed by atoms with van der Waals surface area (Å²) in [5.41, 5.74) is 0.836. The van der Waals surface area contributed by atoms with Gasteiger partial charge in [-0.3, -0.25) is 14.9 Å². The molecular weight excluding hydrogens is 290 g/mol. The van der Waals surface area contributed by atoms with Crippen molar-refractivity contribution < 1.29 is 9.72 Å². The maximum absolute atomic E-state index is 11.8. The molecule has 0 unspecified atom stereocenters. The third kappa shape index (κ3) is 3.66. The van der Waals surface area contributed by atoms with Gasteiger partial charge in [-0.05, 0) is 38.2 Å². The average molecular weight is 309 g/mol. The van der Waals surface area contributed by atoms with Crippen molar-refractivity contribution in [3.8, 4) is 0 Å². The Labute approximate surface area is 127 Å². The Morgan fingerprint density at radius 2 is 2.19 bits per heavy atom. The summed E-state index contributed by atoms with van der Waals surface area (Å²) in [5, 5.41) is 16.9. The number of nitrogens with zero attached hydrogens (tertiary/aromatic N) is 1. The highest BCUT2D eigenvalue weighted by Gasteiger charge is 2.41. The van der Waals surface area contributed by atoms with Crippen molar-refractivity contribution >= 4 is 29.0 Å². The third-order valence-electron chi connectivity index (χ3n) is 3.63. The molecule has 0 atom stereocenters. The van der Waals surface area contributed by atoms with Crippen LogP contribution in [0.25, 0.3) is 0 Å². The highest BCUT2D eigenvalue weighted by atomic mass is 32.2. The van der Waals surface area contributed by atoms with E-state index >= 15 is 0 Å². The number of carbonyl (C=O) groups is 1. The number of rotatable bonds is 7. The van der Waals surface area contributed by atoms with Crippen LogP contribution in [0.3, 0.4) is 0 Å². The topological polar surface area (TPSA) is 84.3 Å². The zero-order valence-electron chi connectivity index (χ0n) is 12.1. The number of nitrogens with one attached hydrogen (secondary N) is 2. The lowest BCUT2D eigenvalue weighted by atomic mass is 10.1. The van der Waals surface area contributed by atoms with Gasteiger partial charge in [-0.2, -0.15) is 11.8 Å². The van der Waals surface area contributed by atoms with E-state index in [9.17, 15) is 14.9 Å². The maximum atomic E-state index is 11.8. The Kier molecular flexibility index (Phi) is 4.72. The fourth-order valence-corrected chi connectivity index (χ4v) is 2.82. The lowest BCUT2D eigenvalue weighted by molar-refractivity contribution is -0.384. The van der Waals surface area contributed by atoms with Gasteiger partial charge in [-0.15, -0.1) is 0 Å². The molecule has 1 aliphatic rings. The summed E-state index contributed by atoms with van der Waals surface area (Å²) in [6, 6.07) is 4.42. The van der Waals surface area contributed by atoms with Crippen LogP contribution in [0.5, 0.6) is 0 Å². The van der Waals surface area contributed by atoms with Crippen LogP contribution in [0.2, 0.25) is 0 Å². The zero-order chi connectivity index (χ0) is 15.5. The molecule has 114 valence electrons. The molecule has 0 saturated heterocycles. The van der Waals surface area contributed by atoms with E-state index in [1.54, 1.807) is 17.8 Å². The van der Waals surface area contributed by atoms with E-state index in [2.05, 4.69) is 10.6 Å². The van der Waals surface area contributed by atoms with Gasteiger partial charge in [0, 0.05) is 29.5 Å². The molecule has 21 heavy (non-hydrogen) atoms. The lowest BCUT2D eigenvalue weighted by Crippen LogP contribution is -2.23. The molecule has 0 heterocycles. The highest BCUT2D eigenvalue weighted by molar-refractivity contribution is 8.00. The van der Waals surface area contributed by atoms with Crippen molar-refractivity contribution in [1.82, 2.24) is 5.32 Å². The highest BCUT2D eigenvalue weighted by Crippen LogP contribution is 2.47. The van der Waals surface area contributed by atoms with Crippen LogP contribution >= 0.6 is 11.8 Å². The summed E-state index contributed by atoms with van der Waals surface area (Å²) in [6.07, 6.45) is 4.28. The normalized spacial score (nSPS) is 15.3. The first kappa shape index (κ1) is 15.6. The fraction of sp³-hybridized carbons (Fsp3) is 0.500. The Hall–Kier alpha value is -1.76. The van der Waals surface area contributed by atoms with Gasteiger partial charge in [-0.25, -0.2) is 0 Å². The van der Waals surface area contributed by atoms with E-state index in [0.717, 1.165) is 12.8 Å². The Morgan fingerprint density at radius 3 is 2.71 bits per heavy atom. The summed E-state index contributed by atoms with van der Waals surface area (Å²) in [4.78, 5) is 22.5. The van der Waals surface area contributed by atoms with Crippen LogP contribution in [0.15, 0.2) is 18.2 Å². The number of anilines is 1. The third-order valence-corrected chi connectivity index (χ3v) is 5.05. The first-order valence-electron chi connectivity index (χ1n) is 6.87. The molecule has 1 fully saturated rings. The van der Waals surface area contributed by atoms with E-state index in [1.807, 2.05) is 13.2 Å². The molecular formula is C14H19N3O3S. The number of benzene rings is 1. The molecule has 7 heteroatoms. The first-order chi connectivity index (χ1) is 10.0. The van der Waals surface area contributed by atoms with Gasteiger partial charge in [-0.1, -0.05) is 0 Å². The first-order valence-corrected chi connectivity index (χ1v) is 8.09. The van der Waals surface area contributed by atoms with Crippen molar-refractivity contribution in [2.75, 3.05) is 24.7 Å². The Morgan fingerprint density at radius 1 is 1.48 bits per heavy atom. The lowest BCUT2D eigenvalue weighted by Gasteiger charge is -2.15. The van der Waals surface area contributed by atoms with E-state index in [1.165, 1.54) is 12.1 Å². The zero-order valence-corrected chi connectivity index (χ0v) is 13.0. The SMILES string of the molecule is CCNC(=O)c1ccc([N+](=O)[O-])c(NCC2(SC)CC2)c1. The van der Waals surface area contributed by atoms with E-state index < -0.39 is 4.92 Å². The molecule has 2 rings (SSSR count). The van der Waals surface area contributed by atoms with Crippen molar-refractivity contribution in [2.24, 2.45) is 0 Å².